The van der Waals surface area contributed by atoms with Crippen molar-refractivity contribution in [3.05, 3.63) is 48.3 Å². The topological polar surface area (TPSA) is 85.7 Å². The van der Waals surface area contributed by atoms with Gasteiger partial charge in [0.05, 0.1) is 13.2 Å². The molecule has 1 amide bonds. The predicted octanol–water partition coefficient (Wildman–Crippen LogP) is 3.75. The Morgan fingerprint density at radius 1 is 1.33 bits per heavy atom. The number of hydrogen-bond donors (Lipinski definition) is 1. The zero-order valence-electron chi connectivity index (χ0n) is 17.0. The molecule has 2 unspecified atom stereocenters. The number of thioether (sulfide) groups is 1. The molecule has 1 N–H and O–H groups in total. The van der Waals surface area contributed by atoms with Crippen LogP contribution in [0.4, 0.5) is 9.18 Å². The third-order valence-corrected chi connectivity index (χ3v) is 6.02. The first-order valence-electron chi connectivity index (χ1n) is 9.63. The Hall–Kier alpha value is -2.52. The lowest BCUT2D eigenvalue weighted by Gasteiger charge is -2.35. The number of carbonyl (C=O) groups excluding carboxylic acids is 1. The molecular formula is C21H23FN4O3S. The van der Waals surface area contributed by atoms with Crippen LogP contribution in [0.3, 0.4) is 0 Å². The van der Waals surface area contributed by atoms with Gasteiger partial charge in [0.25, 0.3) is 0 Å². The van der Waals surface area contributed by atoms with E-state index in [9.17, 15) is 9.18 Å². The number of rotatable bonds is 2. The van der Waals surface area contributed by atoms with E-state index in [1.807, 2.05) is 0 Å². The summed E-state index contributed by atoms with van der Waals surface area (Å²) in [4.78, 5) is 25.1. The molecule has 9 heteroatoms. The Labute approximate surface area is 178 Å². The van der Waals surface area contributed by atoms with Crippen molar-refractivity contribution < 1.29 is 18.7 Å². The first-order chi connectivity index (χ1) is 14.3. The molecule has 1 saturated heterocycles. The van der Waals surface area contributed by atoms with Crippen LogP contribution in [-0.4, -0.2) is 45.8 Å². The smallest absolute Gasteiger partial charge is 0.413 e. The maximum Gasteiger partial charge on any atom is 0.413 e. The van der Waals surface area contributed by atoms with E-state index < -0.39 is 17.2 Å². The number of amides is 1. The Morgan fingerprint density at radius 3 is 2.83 bits per heavy atom. The van der Waals surface area contributed by atoms with Crippen LogP contribution < -0.4 is 5.32 Å². The molecule has 0 saturated carbocycles. The first kappa shape index (κ1) is 20.7. The highest BCUT2D eigenvalue weighted by molar-refractivity contribution is 8.13. The number of fused-ring (bicyclic) bond motifs is 1. The number of carbonyl (C=O) groups is 1. The van der Waals surface area contributed by atoms with E-state index >= 15 is 0 Å². The number of aliphatic imine (C=N–C) groups is 1. The van der Waals surface area contributed by atoms with E-state index in [0.717, 1.165) is 11.3 Å². The second-order valence-corrected chi connectivity index (χ2v) is 9.32. The van der Waals surface area contributed by atoms with Gasteiger partial charge in [-0.3, -0.25) is 5.32 Å². The monoisotopic (exact) mass is 430 g/mol. The Morgan fingerprint density at radius 2 is 2.10 bits per heavy atom. The number of amidine groups is 1. The molecule has 158 valence electrons. The lowest BCUT2D eigenvalue weighted by atomic mass is 9.81. The van der Waals surface area contributed by atoms with E-state index in [-0.39, 0.29) is 11.7 Å². The highest BCUT2D eigenvalue weighted by Gasteiger charge is 2.48. The second kappa shape index (κ2) is 7.96. The fourth-order valence-electron chi connectivity index (χ4n) is 3.61. The molecule has 0 bridgehead atoms. The van der Waals surface area contributed by atoms with Crippen molar-refractivity contribution in [2.75, 3.05) is 19.0 Å². The van der Waals surface area contributed by atoms with Crippen molar-refractivity contribution >= 4 is 23.0 Å². The number of aromatic nitrogens is 2. The standard InChI is InChI=1S/C21H23FN4O3S/c1-20(2,3)29-19(27)25-18-26-21(11-28-9-15(21)10-30-18)14-4-5-17(22)16(6-14)13-7-23-12-24-8-13/h4-8,12,15H,9-11H2,1-3H3,(H,25,26,27). The van der Waals surface area contributed by atoms with E-state index in [4.69, 9.17) is 14.5 Å². The number of hydrogen-bond acceptors (Lipinski definition) is 7. The summed E-state index contributed by atoms with van der Waals surface area (Å²) in [5.74, 6) is 0.467. The minimum atomic E-state index is -0.701. The van der Waals surface area contributed by atoms with Crippen LogP contribution in [0, 0.1) is 11.7 Å². The zero-order valence-corrected chi connectivity index (χ0v) is 17.8. The van der Waals surface area contributed by atoms with Crippen molar-refractivity contribution in [2.24, 2.45) is 10.9 Å². The van der Waals surface area contributed by atoms with Crippen LogP contribution in [0.1, 0.15) is 26.3 Å². The molecule has 2 aromatic rings. The van der Waals surface area contributed by atoms with Crippen molar-refractivity contribution in [3.8, 4) is 11.1 Å². The molecule has 0 aliphatic carbocycles. The number of halogens is 1. The van der Waals surface area contributed by atoms with Gasteiger partial charge in [-0.05, 0) is 38.5 Å². The van der Waals surface area contributed by atoms with Gasteiger partial charge >= 0.3 is 6.09 Å². The van der Waals surface area contributed by atoms with Crippen molar-refractivity contribution in [1.82, 2.24) is 15.3 Å². The quantitative estimate of drug-likeness (QED) is 0.781. The van der Waals surface area contributed by atoms with Gasteiger partial charge in [-0.25, -0.2) is 24.1 Å². The molecule has 1 aromatic carbocycles. The average molecular weight is 431 g/mol. The normalized spacial score (nSPS) is 23.5. The van der Waals surface area contributed by atoms with Gasteiger partial charge in [-0.1, -0.05) is 17.8 Å². The van der Waals surface area contributed by atoms with Gasteiger partial charge in [-0.2, -0.15) is 0 Å². The van der Waals surface area contributed by atoms with E-state index in [1.54, 1.807) is 45.3 Å². The minimum absolute atomic E-state index is 0.108. The van der Waals surface area contributed by atoms with Crippen LogP contribution in [-0.2, 0) is 15.0 Å². The average Bonchev–Trinajstić information content (AvgIpc) is 3.12. The summed E-state index contributed by atoms with van der Waals surface area (Å²) in [5.41, 5.74) is 0.514. The lowest BCUT2D eigenvalue weighted by Crippen LogP contribution is -2.43. The lowest BCUT2D eigenvalue weighted by molar-refractivity contribution is 0.0564. The number of benzene rings is 1. The number of nitrogens with one attached hydrogen (secondary N) is 1. The maximum atomic E-state index is 14.6. The number of alkyl carbamates (subject to hydrolysis) is 1. The zero-order chi connectivity index (χ0) is 21.4. The van der Waals surface area contributed by atoms with Crippen LogP contribution >= 0.6 is 11.8 Å². The van der Waals surface area contributed by atoms with Crippen LogP contribution in [0.5, 0.6) is 0 Å². The molecule has 1 fully saturated rings. The second-order valence-electron chi connectivity index (χ2n) is 8.31. The van der Waals surface area contributed by atoms with Crippen LogP contribution in [0.25, 0.3) is 11.1 Å². The Balaban J connectivity index is 1.70. The molecular weight excluding hydrogens is 407 g/mol. The summed E-state index contributed by atoms with van der Waals surface area (Å²) >= 11 is 1.45. The van der Waals surface area contributed by atoms with Gasteiger partial charge in [0.1, 0.15) is 23.3 Å². The van der Waals surface area contributed by atoms with E-state index in [0.29, 0.717) is 29.5 Å². The molecule has 0 spiro atoms. The fraction of sp³-hybridized carbons (Fsp3) is 0.429. The summed E-state index contributed by atoms with van der Waals surface area (Å²) in [5, 5.41) is 3.21. The number of ether oxygens (including phenoxy) is 2. The molecule has 1 aromatic heterocycles. The molecule has 3 heterocycles. The summed E-state index contributed by atoms with van der Waals surface area (Å²) in [6.07, 6.45) is 4.00. The predicted molar refractivity (Wildman–Crippen MR) is 113 cm³/mol. The molecule has 0 radical (unpaired) electrons. The highest BCUT2D eigenvalue weighted by Crippen LogP contribution is 2.45. The molecule has 4 rings (SSSR count). The minimum Gasteiger partial charge on any atom is -0.444 e. The molecule has 30 heavy (non-hydrogen) atoms. The summed E-state index contributed by atoms with van der Waals surface area (Å²) in [6.45, 7) is 6.32. The van der Waals surface area contributed by atoms with Crippen LogP contribution in [0.2, 0.25) is 0 Å². The van der Waals surface area contributed by atoms with Gasteiger partial charge in [0.2, 0.25) is 0 Å². The molecule has 2 atom stereocenters. The van der Waals surface area contributed by atoms with Gasteiger partial charge < -0.3 is 9.47 Å². The molecule has 7 nitrogen and oxygen atoms in total. The summed E-state index contributed by atoms with van der Waals surface area (Å²) in [6, 6.07) is 4.94. The van der Waals surface area contributed by atoms with Gasteiger partial charge in [0.15, 0.2) is 5.17 Å². The highest BCUT2D eigenvalue weighted by atomic mass is 32.2. The van der Waals surface area contributed by atoms with E-state index in [1.165, 1.54) is 24.2 Å². The maximum absolute atomic E-state index is 14.6. The fourth-order valence-corrected chi connectivity index (χ4v) is 4.72. The molecule has 2 aliphatic rings. The SMILES string of the molecule is CC(C)(C)OC(=O)NC1=NC2(c3ccc(F)c(-c4cncnc4)c3)COCC2CS1. The van der Waals surface area contributed by atoms with Gasteiger partial charge in [-0.15, -0.1) is 0 Å². The van der Waals surface area contributed by atoms with E-state index in [2.05, 4.69) is 15.3 Å². The third kappa shape index (κ3) is 4.17. The number of nitrogens with zero attached hydrogens (tertiary/aromatic N) is 3. The summed E-state index contributed by atoms with van der Waals surface area (Å²) in [7, 11) is 0. The summed E-state index contributed by atoms with van der Waals surface area (Å²) < 4.78 is 25.7. The first-order valence-corrected chi connectivity index (χ1v) is 10.6. The third-order valence-electron chi connectivity index (χ3n) is 4.98. The Bertz CT molecular complexity index is 980. The van der Waals surface area contributed by atoms with Crippen LogP contribution in [0.15, 0.2) is 41.9 Å². The van der Waals surface area contributed by atoms with Crippen molar-refractivity contribution in [3.63, 3.8) is 0 Å². The Kier molecular flexibility index (Phi) is 5.50. The molecule has 2 aliphatic heterocycles. The van der Waals surface area contributed by atoms with Crippen molar-refractivity contribution in [1.29, 1.82) is 0 Å². The van der Waals surface area contributed by atoms with Gasteiger partial charge in [0, 0.05) is 35.2 Å². The van der Waals surface area contributed by atoms with Crippen molar-refractivity contribution in [2.45, 2.75) is 31.9 Å². The largest absolute Gasteiger partial charge is 0.444 e.